The molecular formula is C17H23N3O5. The SMILES string of the molecule is COC(=O)N1CCC[C@H](NC(=O)Nc2ccc3c(c2)OCCCO3)C1. The van der Waals surface area contributed by atoms with Crippen molar-refractivity contribution in [3.63, 3.8) is 0 Å². The van der Waals surface area contributed by atoms with Gasteiger partial charge in [-0.15, -0.1) is 0 Å². The van der Waals surface area contributed by atoms with Crippen molar-refractivity contribution in [3.8, 4) is 11.5 Å². The lowest BCUT2D eigenvalue weighted by molar-refractivity contribution is 0.108. The molecule has 0 radical (unpaired) electrons. The maximum Gasteiger partial charge on any atom is 0.409 e. The van der Waals surface area contributed by atoms with Gasteiger partial charge in [0.25, 0.3) is 0 Å². The molecule has 1 aromatic rings. The van der Waals surface area contributed by atoms with Gasteiger partial charge in [-0.1, -0.05) is 0 Å². The van der Waals surface area contributed by atoms with Crippen LogP contribution in [0.15, 0.2) is 18.2 Å². The third-order valence-corrected chi connectivity index (χ3v) is 4.19. The van der Waals surface area contributed by atoms with Crippen LogP contribution in [0.4, 0.5) is 15.3 Å². The molecule has 8 heteroatoms. The molecule has 1 aromatic carbocycles. The average Bonchev–Trinajstić information content (AvgIpc) is 2.86. The van der Waals surface area contributed by atoms with Crippen molar-refractivity contribution in [2.45, 2.75) is 25.3 Å². The van der Waals surface area contributed by atoms with Gasteiger partial charge in [0.05, 0.1) is 20.3 Å². The quantitative estimate of drug-likeness (QED) is 0.854. The van der Waals surface area contributed by atoms with E-state index in [1.54, 1.807) is 23.1 Å². The second-order valence-corrected chi connectivity index (χ2v) is 6.07. The Morgan fingerprint density at radius 3 is 2.80 bits per heavy atom. The van der Waals surface area contributed by atoms with E-state index in [0.717, 1.165) is 19.3 Å². The number of carbonyl (C=O) groups excluding carboxylic acids is 2. The summed E-state index contributed by atoms with van der Waals surface area (Å²) >= 11 is 0. The monoisotopic (exact) mass is 349 g/mol. The van der Waals surface area contributed by atoms with E-state index < -0.39 is 0 Å². The Morgan fingerprint density at radius 2 is 2.00 bits per heavy atom. The van der Waals surface area contributed by atoms with Crippen LogP contribution < -0.4 is 20.1 Å². The predicted molar refractivity (Wildman–Crippen MR) is 91.2 cm³/mol. The minimum atomic E-state index is -0.366. The van der Waals surface area contributed by atoms with Gasteiger partial charge in [0.15, 0.2) is 11.5 Å². The highest BCUT2D eigenvalue weighted by Crippen LogP contribution is 2.32. The van der Waals surface area contributed by atoms with Gasteiger partial charge >= 0.3 is 12.1 Å². The van der Waals surface area contributed by atoms with Gasteiger partial charge in [-0.25, -0.2) is 9.59 Å². The Hall–Kier alpha value is -2.64. The first kappa shape index (κ1) is 17.2. The van der Waals surface area contributed by atoms with Crippen molar-refractivity contribution in [2.24, 2.45) is 0 Å². The highest BCUT2D eigenvalue weighted by Gasteiger charge is 2.25. The molecule has 2 aliphatic rings. The number of methoxy groups -OCH3 is 1. The molecule has 2 aliphatic heterocycles. The van der Waals surface area contributed by atoms with E-state index in [0.29, 0.717) is 43.5 Å². The summed E-state index contributed by atoms with van der Waals surface area (Å²) in [7, 11) is 1.36. The summed E-state index contributed by atoms with van der Waals surface area (Å²) in [5.74, 6) is 1.31. The zero-order valence-corrected chi connectivity index (χ0v) is 14.2. The molecule has 0 bridgehead atoms. The molecule has 0 spiro atoms. The summed E-state index contributed by atoms with van der Waals surface area (Å²) in [4.78, 5) is 25.4. The summed E-state index contributed by atoms with van der Waals surface area (Å²) in [6.45, 7) is 2.31. The smallest absolute Gasteiger partial charge is 0.409 e. The first-order chi connectivity index (χ1) is 12.2. The molecule has 0 aromatic heterocycles. The molecule has 3 amide bonds. The lowest BCUT2D eigenvalue weighted by Gasteiger charge is -2.32. The number of nitrogens with one attached hydrogen (secondary N) is 2. The number of hydrogen-bond donors (Lipinski definition) is 2. The number of piperidine rings is 1. The molecule has 1 saturated heterocycles. The van der Waals surface area contributed by atoms with Gasteiger partial charge in [0.2, 0.25) is 0 Å². The van der Waals surface area contributed by atoms with Gasteiger partial charge < -0.3 is 29.7 Å². The van der Waals surface area contributed by atoms with Crippen LogP contribution in [0.3, 0.4) is 0 Å². The van der Waals surface area contributed by atoms with Crippen LogP contribution in [-0.2, 0) is 4.74 Å². The predicted octanol–water partition coefficient (Wildman–Crippen LogP) is 2.20. The number of urea groups is 1. The standard InChI is InChI=1S/C17H23N3O5/c1-23-17(22)20-7-2-4-13(11-20)19-16(21)18-12-5-6-14-15(10-12)25-9-3-8-24-14/h5-6,10,13H,2-4,7-9,11H2,1H3,(H2,18,19,21)/t13-/m0/s1. The molecule has 2 heterocycles. The highest BCUT2D eigenvalue weighted by molar-refractivity contribution is 5.90. The molecule has 0 saturated carbocycles. The Morgan fingerprint density at radius 1 is 1.20 bits per heavy atom. The van der Waals surface area contributed by atoms with E-state index in [4.69, 9.17) is 14.2 Å². The van der Waals surface area contributed by atoms with Crippen molar-refractivity contribution < 1.29 is 23.8 Å². The summed E-state index contributed by atoms with van der Waals surface area (Å²) in [6.07, 6.45) is 2.11. The van der Waals surface area contributed by atoms with E-state index >= 15 is 0 Å². The molecule has 0 unspecified atom stereocenters. The number of benzene rings is 1. The number of carbonyl (C=O) groups is 2. The van der Waals surface area contributed by atoms with Crippen molar-refractivity contribution in [3.05, 3.63) is 18.2 Å². The van der Waals surface area contributed by atoms with Crippen LogP contribution in [0, 0.1) is 0 Å². The van der Waals surface area contributed by atoms with Gasteiger partial charge in [-0.05, 0) is 25.0 Å². The van der Waals surface area contributed by atoms with Crippen LogP contribution in [0.2, 0.25) is 0 Å². The number of anilines is 1. The number of ether oxygens (including phenoxy) is 3. The molecule has 1 fully saturated rings. The molecule has 136 valence electrons. The third kappa shape index (κ3) is 4.46. The van der Waals surface area contributed by atoms with Gasteiger partial charge in [0, 0.05) is 37.3 Å². The Labute approximate surface area is 146 Å². The molecule has 3 rings (SSSR count). The number of rotatable bonds is 2. The third-order valence-electron chi connectivity index (χ3n) is 4.19. The minimum Gasteiger partial charge on any atom is -0.490 e. The van der Waals surface area contributed by atoms with Crippen molar-refractivity contribution >= 4 is 17.8 Å². The Balaban J connectivity index is 1.55. The topological polar surface area (TPSA) is 89.1 Å². The first-order valence-electron chi connectivity index (χ1n) is 8.46. The van der Waals surface area contributed by atoms with E-state index in [1.165, 1.54) is 7.11 Å². The van der Waals surface area contributed by atoms with E-state index in [-0.39, 0.29) is 18.2 Å². The zero-order valence-electron chi connectivity index (χ0n) is 14.2. The fourth-order valence-electron chi connectivity index (χ4n) is 2.98. The maximum absolute atomic E-state index is 12.2. The number of likely N-dealkylation sites (tertiary alicyclic amines) is 1. The fourth-order valence-corrected chi connectivity index (χ4v) is 2.98. The number of fused-ring (bicyclic) bond motifs is 1. The van der Waals surface area contributed by atoms with Crippen molar-refractivity contribution in [1.82, 2.24) is 10.2 Å². The Bertz CT molecular complexity index is 637. The lowest BCUT2D eigenvalue weighted by atomic mass is 10.1. The maximum atomic E-state index is 12.2. The van der Waals surface area contributed by atoms with Crippen LogP contribution in [0.25, 0.3) is 0 Å². The number of hydrogen-bond acceptors (Lipinski definition) is 5. The Kier molecular flexibility index (Phi) is 5.47. The summed E-state index contributed by atoms with van der Waals surface area (Å²) in [5.41, 5.74) is 0.627. The van der Waals surface area contributed by atoms with Gasteiger partial charge in [-0.2, -0.15) is 0 Å². The van der Waals surface area contributed by atoms with Crippen LogP contribution in [-0.4, -0.2) is 56.5 Å². The van der Waals surface area contributed by atoms with Crippen LogP contribution in [0.5, 0.6) is 11.5 Å². The molecule has 1 atom stereocenters. The minimum absolute atomic E-state index is 0.103. The summed E-state index contributed by atoms with van der Waals surface area (Å²) in [5, 5.41) is 5.69. The van der Waals surface area contributed by atoms with Gasteiger partial charge in [-0.3, -0.25) is 0 Å². The van der Waals surface area contributed by atoms with Crippen LogP contribution >= 0.6 is 0 Å². The second-order valence-electron chi connectivity index (χ2n) is 6.07. The largest absolute Gasteiger partial charge is 0.490 e. The second kappa shape index (κ2) is 7.96. The van der Waals surface area contributed by atoms with Gasteiger partial charge in [0.1, 0.15) is 0 Å². The summed E-state index contributed by atoms with van der Waals surface area (Å²) < 4.78 is 15.9. The molecule has 0 aliphatic carbocycles. The normalized spacial score (nSPS) is 19.6. The van der Waals surface area contributed by atoms with E-state index in [1.807, 2.05) is 0 Å². The van der Waals surface area contributed by atoms with Crippen LogP contribution in [0.1, 0.15) is 19.3 Å². The molecule has 2 N–H and O–H groups in total. The highest BCUT2D eigenvalue weighted by atomic mass is 16.5. The molecule has 8 nitrogen and oxygen atoms in total. The van der Waals surface area contributed by atoms with Crippen molar-refractivity contribution in [2.75, 3.05) is 38.7 Å². The lowest BCUT2D eigenvalue weighted by Crippen LogP contribution is -2.50. The average molecular weight is 349 g/mol. The fraction of sp³-hybridized carbons (Fsp3) is 0.529. The first-order valence-corrected chi connectivity index (χ1v) is 8.46. The summed E-state index contributed by atoms with van der Waals surface area (Å²) in [6, 6.07) is 4.89. The zero-order chi connectivity index (χ0) is 17.6. The number of amides is 3. The van der Waals surface area contributed by atoms with Crippen molar-refractivity contribution in [1.29, 1.82) is 0 Å². The molecular weight excluding hydrogens is 326 g/mol. The van der Waals surface area contributed by atoms with E-state index in [9.17, 15) is 9.59 Å². The molecule has 25 heavy (non-hydrogen) atoms. The number of nitrogens with zero attached hydrogens (tertiary/aromatic N) is 1. The van der Waals surface area contributed by atoms with E-state index in [2.05, 4.69) is 10.6 Å².